The molecule has 1 aromatic rings. The van der Waals surface area contributed by atoms with Crippen molar-refractivity contribution in [2.75, 3.05) is 0 Å². The van der Waals surface area contributed by atoms with Gasteiger partial charge in [-0.1, -0.05) is 12.2 Å². The largest absolute Gasteiger partial charge is 0.362 e. The Kier molecular flexibility index (Phi) is 3.11. The van der Waals surface area contributed by atoms with Crippen molar-refractivity contribution in [1.29, 1.82) is 0 Å². The van der Waals surface area contributed by atoms with Gasteiger partial charge in [0.2, 0.25) is 5.75 Å². The molecule has 2 amide bonds. The van der Waals surface area contributed by atoms with Crippen LogP contribution in [0.15, 0.2) is 30.4 Å². The molecule has 4 unspecified atom stereocenters. The third-order valence-electron chi connectivity index (χ3n) is 4.97. The third kappa shape index (κ3) is 2.10. The zero-order valence-corrected chi connectivity index (χ0v) is 12.6. The fraction of sp³-hybridized carbons (Fsp3) is 0.333. The summed E-state index contributed by atoms with van der Waals surface area (Å²) in [5.41, 5.74) is -1.18. The minimum absolute atomic E-state index is 0.0214. The molecular weight excluding hydrogens is 334 g/mol. The Balaban J connectivity index is 1.65. The van der Waals surface area contributed by atoms with Crippen molar-refractivity contribution in [3.63, 3.8) is 0 Å². The van der Waals surface area contributed by atoms with Crippen LogP contribution in [0.5, 0.6) is 5.75 Å². The number of fused-ring (bicyclic) bond motifs is 5. The number of imide groups is 1. The molecule has 2 fully saturated rings. The van der Waals surface area contributed by atoms with Crippen molar-refractivity contribution in [2.45, 2.75) is 6.42 Å². The summed E-state index contributed by atoms with van der Waals surface area (Å²) in [5, 5.41) is 22.5. The van der Waals surface area contributed by atoms with Gasteiger partial charge in [0.25, 0.3) is 17.5 Å². The highest BCUT2D eigenvalue weighted by Crippen LogP contribution is 2.52. The van der Waals surface area contributed by atoms with Crippen LogP contribution in [0.4, 0.5) is 11.4 Å². The second-order valence-corrected chi connectivity index (χ2v) is 6.23. The molecule has 25 heavy (non-hydrogen) atoms. The Labute approximate surface area is 139 Å². The summed E-state index contributed by atoms with van der Waals surface area (Å²) in [6.07, 6.45) is 4.57. The molecule has 0 radical (unpaired) electrons. The number of benzene rings is 1. The number of allylic oxidation sites excluding steroid dienone is 2. The number of rotatable bonds is 4. The van der Waals surface area contributed by atoms with Crippen molar-refractivity contribution in [2.24, 2.45) is 23.7 Å². The minimum atomic E-state index is -0.862. The Morgan fingerprint density at radius 3 is 2.12 bits per heavy atom. The molecule has 0 spiro atoms. The van der Waals surface area contributed by atoms with E-state index in [4.69, 9.17) is 4.84 Å². The Bertz CT molecular complexity index is 835. The molecule has 1 aromatic carbocycles. The molecule has 1 saturated heterocycles. The lowest BCUT2D eigenvalue weighted by Gasteiger charge is -2.17. The van der Waals surface area contributed by atoms with Gasteiger partial charge in [-0.05, 0) is 24.3 Å². The van der Waals surface area contributed by atoms with E-state index in [-0.39, 0.29) is 11.8 Å². The van der Waals surface area contributed by atoms with Gasteiger partial charge in [0.15, 0.2) is 0 Å². The summed E-state index contributed by atoms with van der Waals surface area (Å²) < 4.78 is 0. The van der Waals surface area contributed by atoms with Crippen molar-refractivity contribution in [3.8, 4) is 5.75 Å². The van der Waals surface area contributed by atoms with Crippen LogP contribution in [-0.2, 0) is 9.59 Å². The second kappa shape index (κ2) is 5.10. The maximum atomic E-state index is 12.5. The van der Waals surface area contributed by atoms with Crippen LogP contribution in [0.2, 0.25) is 0 Å². The molecule has 2 aliphatic carbocycles. The maximum absolute atomic E-state index is 12.5. The summed E-state index contributed by atoms with van der Waals surface area (Å²) in [7, 11) is 0. The van der Waals surface area contributed by atoms with Gasteiger partial charge in [-0.25, -0.2) is 0 Å². The Morgan fingerprint density at radius 1 is 1.00 bits per heavy atom. The third-order valence-corrected chi connectivity index (χ3v) is 4.97. The average Bonchev–Trinajstić information content (AvgIpc) is 3.24. The van der Waals surface area contributed by atoms with Crippen LogP contribution in [0.25, 0.3) is 0 Å². The van der Waals surface area contributed by atoms with E-state index in [1.807, 2.05) is 12.2 Å². The van der Waals surface area contributed by atoms with E-state index in [0.29, 0.717) is 5.06 Å². The normalized spacial score (nSPS) is 29.2. The van der Waals surface area contributed by atoms with Crippen LogP contribution in [0.3, 0.4) is 0 Å². The molecule has 4 atom stereocenters. The van der Waals surface area contributed by atoms with E-state index in [2.05, 4.69) is 0 Å². The van der Waals surface area contributed by atoms with Gasteiger partial charge in [-0.3, -0.25) is 29.8 Å². The lowest BCUT2D eigenvalue weighted by Crippen LogP contribution is -2.36. The van der Waals surface area contributed by atoms with Crippen molar-refractivity contribution in [1.82, 2.24) is 5.06 Å². The first-order valence-corrected chi connectivity index (χ1v) is 7.55. The van der Waals surface area contributed by atoms with Crippen molar-refractivity contribution >= 4 is 23.2 Å². The summed E-state index contributed by atoms with van der Waals surface area (Å²) >= 11 is 0. The number of non-ortho nitro benzene ring substituents is 1. The van der Waals surface area contributed by atoms with Gasteiger partial charge in [0.05, 0.1) is 27.7 Å². The predicted molar refractivity (Wildman–Crippen MR) is 79.9 cm³/mol. The van der Waals surface area contributed by atoms with E-state index in [9.17, 15) is 29.8 Å². The molecule has 10 nitrogen and oxygen atoms in total. The molecule has 10 heteroatoms. The molecule has 4 rings (SSSR count). The highest BCUT2D eigenvalue weighted by atomic mass is 16.7. The van der Waals surface area contributed by atoms with Crippen LogP contribution in [0, 0.1) is 43.9 Å². The number of hydrogen-bond donors (Lipinski definition) is 0. The first-order chi connectivity index (χ1) is 11.9. The van der Waals surface area contributed by atoms with Gasteiger partial charge in [-0.15, -0.1) is 5.06 Å². The fourth-order valence-electron chi connectivity index (χ4n) is 3.90. The number of carbonyl (C=O) groups is 2. The lowest BCUT2D eigenvalue weighted by atomic mass is 9.85. The number of nitrogens with zero attached hydrogens (tertiary/aromatic N) is 3. The molecular formula is C15H11N3O7. The van der Waals surface area contributed by atoms with Gasteiger partial charge in [0.1, 0.15) is 0 Å². The highest BCUT2D eigenvalue weighted by Gasteiger charge is 2.60. The summed E-state index contributed by atoms with van der Waals surface area (Å²) in [6, 6.07) is 2.75. The van der Waals surface area contributed by atoms with Gasteiger partial charge in [-0.2, -0.15) is 0 Å². The monoisotopic (exact) mass is 345 g/mol. The van der Waals surface area contributed by atoms with E-state index < -0.39 is 50.6 Å². The van der Waals surface area contributed by atoms with Gasteiger partial charge in [0, 0.05) is 6.07 Å². The average molecular weight is 345 g/mol. The topological polar surface area (TPSA) is 133 Å². The number of nitro benzene ring substituents is 2. The number of carbonyl (C=O) groups excluding carboxylic acids is 2. The second-order valence-electron chi connectivity index (χ2n) is 6.23. The number of amides is 2. The molecule has 0 N–H and O–H groups in total. The predicted octanol–water partition coefficient (Wildman–Crippen LogP) is 1.60. The molecule has 2 bridgehead atoms. The van der Waals surface area contributed by atoms with E-state index in [1.54, 1.807) is 0 Å². The molecule has 3 aliphatic rings. The van der Waals surface area contributed by atoms with E-state index >= 15 is 0 Å². The van der Waals surface area contributed by atoms with Crippen LogP contribution in [0.1, 0.15) is 6.42 Å². The quantitative estimate of drug-likeness (QED) is 0.350. The summed E-state index contributed by atoms with van der Waals surface area (Å²) in [4.78, 5) is 50.5. The molecule has 1 aliphatic heterocycles. The minimum Gasteiger partial charge on any atom is -0.362 e. The molecule has 0 aromatic heterocycles. The highest BCUT2D eigenvalue weighted by molar-refractivity contribution is 6.05. The molecule has 1 saturated carbocycles. The van der Waals surface area contributed by atoms with Crippen LogP contribution < -0.4 is 4.84 Å². The molecule has 128 valence electrons. The zero-order chi connectivity index (χ0) is 17.9. The maximum Gasteiger partial charge on any atom is 0.321 e. The lowest BCUT2D eigenvalue weighted by molar-refractivity contribution is -0.395. The first-order valence-electron chi connectivity index (χ1n) is 7.55. The first kappa shape index (κ1) is 15.2. The standard InChI is InChI=1S/C15H11N3O7/c19-14-12-7-1-2-8(5-7)13(12)15(20)16(14)25-11-4-3-9(17(21)22)6-10(11)18(23)24/h1-4,6-8,12-13H,5H2. The Morgan fingerprint density at radius 2 is 1.60 bits per heavy atom. The van der Waals surface area contributed by atoms with E-state index in [1.165, 1.54) is 0 Å². The Hall–Kier alpha value is -3.30. The van der Waals surface area contributed by atoms with Crippen molar-refractivity contribution < 1.29 is 24.3 Å². The number of nitro groups is 2. The van der Waals surface area contributed by atoms with E-state index in [0.717, 1.165) is 24.6 Å². The van der Waals surface area contributed by atoms with Gasteiger partial charge >= 0.3 is 5.69 Å². The molecule has 1 heterocycles. The smallest absolute Gasteiger partial charge is 0.321 e. The van der Waals surface area contributed by atoms with Crippen LogP contribution in [-0.4, -0.2) is 26.7 Å². The SMILES string of the molecule is O=C1C2C3C=CC(C3)C2C(=O)N1Oc1ccc([N+](=O)[O-])cc1[N+](=O)[O-]. The van der Waals surface area contributed by atoms with Crippen LogP contribution >= 0.6 is 0 Å². The zero-order valence-electron chi connectivity index (χ0n) is 12.6. The summed E-state index contributed by atoms with van der Waals surface area (Å²) in [5.74, 6) is -2.49. The van der Waals surface area contributed by atoms with Crippen molar-refractivity contribution in [3.05, 3.63) is 50.6 Å². The fourth-order valence-corrected chi connectivity index (χ4v) is 3.90. The summed E-state index contributed by atoms with van der Waals surface area (Å²) in [6.45, 7) is 0. The number of hydrogen-bond acceptors (Lipinski definition) is 7. The number of hydroxylamine groups is 2. The van der Waals surface area contributed by atoms with Gasteiger partial charge < -0.3 is 4.84 Å².